The molecule has 1 atom stereocenters. The Bertz CT molecular complexity index is 678. The highest BCUT2D eigenvalue weighted by Gasteiger charge is 2.28. The number of benzene rings is 1. The van der Waals surface area contributed by atoms with E-state index >= 15 is 0 Å². The molecule has 0 saturated heterocycles. The molecule has 1 N–H and O–H groups in total. The molecule has 1 aromatic heterocycles. The maximum Gasteiger partial charge on any atom is 0.150 e. The van der Waals surface area contributed by atoms with Gasteiger partial charge in [-0.15, -0.1) is 11.3 Å². The first-order valence-electron chi connectivity index (χ1n) is 6.73. The van der Waals surface area contributed by atoms with Gasteiger partial charge < -0.3 is 4.90 Å². The van der Waals surface area contributed by atoms with Crippen molar-refractivity contribution in [2.45, 2.75) is 26.4 Å². The fraction of sp³-hybridized carbons (Fsp3) is 0.267. The highest BCUT2D eigenvalue weighted by Crippen LogP contribution is 2.23. The van der Waals surface area contributed by atoms with Crippen LogP contribution in [0, 0.1) is 13.8 Å². The lowest BCUT2D eigenvalue weighted by Gasteiger charge is -2.24. The van der Waals surface area contributed by atoms with E-state index in [-0.39, 0.29) is 6.17 Å². The molecule has 0 amide bonds. The molecule has 1 aliphatic rings. The van der Waals surface area contributed by atoms with E-state index in [1.165, 1.54) is 4.88 Å². The lowest BCUT2D eigenvalue weighted by atomic mass is 10.2. The van der Waals surface area contributed by atoms with Gasteiger partial charge in [-0.25, -0.2) is 4.98 Å². The zero-order valence-electron chi connectivity index (χ0n) is 11.9. The SMILES string of the molecule is Cc1nc(CC2=NNC(C=S)N2c2ccccc2)c(C)s1. The smallest absolute Gasteiger partial charge is 0.150 e. The number of nitrogens with one attached hydrogen (secondary N) is 1. The van der Waals surface area contributed by atoms with Crippen molar-refractivity contribution in [3.05, 3.63) is 45.9 Å². The summed E-state index contributed by atoms with van der Waals surface area (Å²) in [5.74, 6) is 0.945. The molecule has 21 heavy (non-hydrogen) atoms. The fourth-order valence-electron chi connectivity index (χ4n) is 2.41. The topological polar surface area (TPSA) is 40.5 Å². The van der Waals surface area contributed by atoms with E-state index in [1.807, 2.05) is 25.1 Å². The molecule has 0 bridgehead atoms. The van der Waals surface area contributed by atoms with Crippen molar-refractivity contribution >= 4 is 40.4 Å². The third-order valence-electron chi connectivity index (χ3n) is 3.37. The number of aryl methyl sites for hydroxylation is 2. The van der Waals surface area contributed by atoms with E-state index in [9.17, 15) is 0 Å². The number of rotatable bonds is 4. The Balaban J connectivity index is 1.90. The van der Waals surface area contributed by atoms with Gasteiger partial charge in [0.05, 0.1) is 17.1 Å². The molecule has 6 heteroatoms. The van der Waals surface area contributed by atoms with Crippen LogP contribution >= 0.6 is 23.6 Å². The van der Waals surface area contributed by atoms with Crippen LogP contribution in [-0.2, 0) is 6.42 Å². The number of anilines is 1. The number of hydrogen-bond donors (Lipinski definition) is 1. The molecule has 0 fully saturated rings. The van der Waals surface area contributed by atoms with Crippen molar-refractivity contribution in [3.63, 3.8) is 0 Å². The second-order valence-corrected chi connectivity index (χ2v) is 6.54. The molecule has 1 unspecified atom stereocenters. The summed E-state index contributed by atoms with van der Waals surface area (Å²) in [7, 11) is 0. The lowest BCUT2D eigenvalue weighted by Crippen LogP contribution is -2.41. The van der Waals surface area contributed by atoms with E-state index in [1.54, 1.807) is 16.7 Å². The molecule has 0 saturated carbocycles. The number of amidine groups is 1. The summed E-state index contributed by atoms with van der Waals surface area (Å²) < 4.78 is 0. The Morgan fingerprint density at radius 2 is 2.10 bits per heavy atom. The normalized spacial score (nSPS) is 17.5. The van der Waals surface area contributed by atoms with Gasteiger partial charge in [-0.2, -0.15) is 5.10 Å². The van der Waals surface area contributed by atoms with Crippen LogP contribution in [-0.4, -0.2) is 22.4 Å². The average Bonchev–Trinajstić information content (AvgIpc) is 3.03. The van der Waals surface area contributed by atoms with Gasteiger partial charge in [0.2, 0.25) is 0 Å². The quantitative estimate of drug-likeness (QED) is 0.880. The largest absolute Gasteiger partial charge is 0.301 e. The van der Waals surface area contributed by atoms with Crippen LogP contribution in [0.15, 0.2) is 35.4 Å². The summed E-state index contributed by atoms with van der Waals surface area (Å²) in [6, 6.07) is 10.2. The summed E-state index contributed by atoms with van der Waals surface area (Å²) in [5, 5.41) is 7.24. The van der Waals surface area contributed by atoms with E-state index in [0.29, 0.717) is 6.42 Å². The molecule has 0 aliphatic carbocycles. The molecule has 0 spiro atoms. The van der Waals surface area contributed by atoms with Crippen LogP contribution in [0.5, 0.6) is 0 Å². The minimum absolute atomic E-state index is 0.0857. The van der Waals surface area contributed by atoms with Gasteiger partial charge in [-0.05, 0) is 26.0 Å². The zero-order chi connectivity index (χ0) is 14.8. The van der Waals surface area contributed by atoms with Gasteiger partial charge in [0.15, 0.2) is 0 Å². The van der Waals surface area contributed by atoms with E-state index in [2.05, 4.69) is 39.5 Å². The van der Waals surface area contributed by atoms with Crippen molar-refractivity contribution in [1.82, 2.24) is 10.4 Å². The molecule has 2 aromatic rings. The Hall–Kier alpha value is -1.79. The third kappa shape index (κ3) is 2.82. The van der Waals surface area contributed by atoms with Crippen LogP contribution in [0.3, 0.4) is 0 Å². The summed E-state index contributed by atoms with van der Waals surface area (Å²) >= 11 is 6.84. The van der Waals surface area contributed by atoms with Crippen LogP contribution < -0.4 is 10.3 Å². The number of hydrogen-bond acceptors (Lipinski definition) is 6. The third-order valence-corrected chi connectivity index (χ3v) is 4.56. The molecule has 4 nitrogen and oxygen atoms in total. The van der Waals surface area contributed by atoms with Crippen molar-refractivity contribution in [3.8, 4) is 0 Å². The van der Waals surface area contributed by atoms with E-state index in [4.69, 9.17) is 12.2 Å². The van der Waals surface area contributed by atoms with Crippen LogP contribution in [0.2, 0.25) is 0 Å². The Labute approximate surface area is 133 Å². The molecule has 3 rings (SSSR count). The number of aromatic nitrogens is 1. The molecule has 108 valence electrons. The minimum atomic E-state index is -0.0857. The molecular weight excluding hydrogens is 300 g/mol. The number of para-hydroxylation sites is 1. The molecule has 2 heterocycles. The summed E-state index contributed by atoms with van der Waals surface area (Å²) in [4.78, 5) is 7.97. The standard InChI is InChI=1S/C15H16N4S2/c1-10-13(16-11(2)21-10)8-14-17-18-15(9-20)19(14)12-6-4-3-5-7-12/h3-7,9,15,18H,8H2,1-2H3. The average molecular weight is 316 g/mol. The predicted molar refractivity (Wildman–Crippen MR) is 92.2 cm³/mol. The number of hydrazone groups is 1. The van der Waals surface area contributed by atoms with E-state index in [0.717, 1.165) is 22.2 Å². The molecule has 0 radical (unpaired) electrons. The number of thiazole rings is 1. The maximum absolute atomic E-state index is 5.12. The van der Waals surface area contributed by atoms with Crippen molar-refractivity contribution < 1.29 is 0 Å². The highest BCUT2D eigenvalue weighted by atomic mass is 32.1. The monoisotopic (exact) mass is 316 g/mol. The molecule has 1 aliphatic heterocycles. The van der Waals surface area contributed by atoms with Crippen molar-refractivity contribution in [2.24, 2.45) is 5.10 Å². The van der Waals surface area contributed by atoms with Gasteiger partial charge in [-0.1, -0.05) is 30.4 Å². The van der Waals surface area contributed by atoms with Crippen LogP contribution in [0.25, 0.3) is 0 Å². The van der Waals surface area contributed by atoms with Crippen LogP contribution in [0.1, 0.15) is 15.6 Å². The van der Waals surface area contributed by atoms with Gasteiger partial charge in [0, 0.05) is 15.9 Å². The Morgan fingerprint density at radius 3 is 2.71 bits per heavy atom. The van der Waals surface area contributed by atoms with E-state index < -0.39 is 0 Å². The highest BCUT2D eigenvalue weighted by molar-refractivity contribution is 7.79. The van der Waals surface area contributed by atoms with Gasteiger partial charge in [0.1, 0.15) is 12.0 Å². The minimum Gasteiger partial charge on any atom is -0.301 e. The molecule has 1 aromatic carbocycles. The number of nitrogens with zero attached hydrogens (tertiary/aromatic N) is 3. The number of thiocarbonyl (C=S) groups is 1. The molecular formula is C15H16N4S2. The first-order chi connectivity index (χ1) is 10.2. The maximum atomic E-state index is 5.12. The van der Waals surface area contributed by atoms with Gasteiger partial charge in [0.25, 0.3) is 0 Å². The van der Waals surface area contributed by atoms with Crippen molar-refractivity contribution in [1.29, 1.82) is 0 Å². The Morgan fingerprint density at radius 1 is 1.33 bits per heavy atom. The van der Waals surface area contributed by atoms with Crippen LogP contribution in [0.4, 0.5) is 5.69 Å². The zero-order valence-corrected chi connectivity index (χ0v) is 13.5. The summed E-state index contributed by atoms with van der Waals surface area (Å²) in [5.41, 5.74) is 5.25. The first-order valence-corrected chi connectivity index (χ1v) is 8.02. The first kappa shape index (κ1) is 14.2. The predicted octanol–water partition coefficient (Wildman–Crippen LogP) is 3.05. The van der Waals surface area contributed by atoms with Crippen molar-refractivity contribution in [2.75, 3.05) is 4.90 Å². The van der Waals surface area contributed by atoms with Gasteiger partial charge in [-0.3, -0.25) is 5.43 Å². The van der Waals surface area contributed by atoms with Gasteiger partial charge >= 0.3 is 0 Å². The second-order valence-electron chi connectivity index (χ2n) is 4.86. The second kappa shape index (κ2) is 5.91. The fourth-order valence-corrected chi connectivity index (χ4v) is 3.43. The summed E-state index contributed by atoms with van der Waals surface area (Å²) in [6.07, 6.45) is 0.620. The Kier molecular flexibility index (Phi) is 3.98. The summed E-state index contributed by atoms with van der Waals surface area (Å²) in [6.45, 7) is 4.14. The lowest BCUT2D eigenvalue weighted by molar-refractivity contribution is 0.734.